The largest absolute Gasteiger partial charge is 0.352 e. The van der Waals surface area contributed by atoms with Crippen molar-refractivity contribution in [3.8, 4) is 0 Å². The van der Waals surface area contributed by atoms with Crippen molar-refractivity contribution in [3.05, 3.63) is 64.0 Å². The van der Waals surface area contributed by atoms with Gasteiger partial charge in [-0.25, -0.2) is 0 Å². The van der Waals surface area contributed by atoms with Gasteiger partial charge in [-0.3, -0.25) is 9.59 Å². The smallest absolute Gasteiger partial charge is 0.267 e. The molecule has 0 spiro atoms. The first-order chi connectivity index (χ1) is 12.1. The second kappa shape index (κ2) is 7.68. The van der Waals surface area contributed by atoms with Crippen LogP contribution in [0, 0.1) is 0 Å². The molecule has 0 atom stereocenters. The van der Waals surface area contributed by atoms with E-state index in [1.807, 2.05) is 31.2 Å². The lowest BCUT2D eigenvalue weighted by Crippen LogP contribution is -2.23. The van der Waals surface area contributed by atoms with Crippen LogP contribution in [0.25, 0.3) is 10.1 Å². The fraction of sp³-hybridized carbons (Fsp3) is 0.158. The number of halogens is 1. The molecule has 2 amide bonds. The summed E-state index contributed by atoms with van der Waals surface area (Å²) in [6.07, 6.45) is 0.885. The van der Waals surface area contributed by atoms with Crippen molar-refractivity contribution >= 4 is 50.5 Å². The summed E-state index contributed by atoms with van der Waals surface area (Å²) in [5.74, 6) is -0.373. The Bertz CT molecular complexity index is 919. The van der Waals surface area contributed by atoms with E-state index in [1.165, 1.54) is 11.3 Å². The van der Waals surface area contributed by atoms with Crippen molar-refractivity contribution in [2.24, 2.45) is 0 Å². The molecule has 0 saturated carbocycles. The zero-order chi connectivity index (χ0) is 17.8. The van der Waals surface area contributed by atoms with Crippen molar-refractivity contribution in [1.29, 1.82) is 0 Å². The van der Waals surface area contributed by atoms with Gasteiger partial charge in [0.15, 0.2) is 0 Å². The first-order valence-corrected chi connectivity index (χ1v) is 9.16. The zero-order valence-corrected chi connectivity index (χ0v) is 15.2. The van der Waals surface area contributed by atoms with Crippen LogP contribution in [0.15, 0.2) is 48.5 Å². The number of hydrogen-bond acceptors (Lipinski definition) is 3. The first kappa shape index (κ1) is 17.5. The van der Waals surface area contributed by atoms with Crippen molar-refractivity contribution < 1.29 is 9.59 Å². The monoisotopic (exact) mass is 372 g/mol. The van der Waals surface area contributed by atoms with Gasteiger partial charge in [-0.15, -0.1) is 11.3 Å². The number of thiophene rings is 1. The minimum atomic E-state index is -0.255. The van der Waals surface area contributed by atoms with Gasteiger partial charge in [0, 0.05) is 27.9 Å². The highest BCUT2D eigenvalue weighted by Crippen LogP contribution is 2.35. The van der Waals surface area contributed by atoms with Crippen LogP contribution in [0.3, 0.4) is 0 Å². The fourth-order valence-electron chi connectivity index (χ4n) is 2.39. The molecule has 0 bridgehead atoms. The molecule has 0 unspecified atom stereocenters. The molecule has 0 saturated heterocycles. The second-order valence-electron chi connectivity index (χ2n) is 5.53. The number of hydrogen-bond donors (Lipinski definition) is 2. The van der Waals surface area contributed by atoms with Crippen LogP contribution >= 0.6 is 22.9 Å². The van der Waals surface area contributed by atoms with Crippen molar-refractivity contribution in [2.75, 3.05) is 11.9 Å². The van der Waals surface area contributed by atoms with Gasteiger partial charge < -0.3 is 10.6 Å². The molecule has 25 heavy (non-hydrogen) atoms. The van der Waals surface area contributed by atoms with Crippen molar-refractivity contribution in [3.63, 3.8) is 0 Å². The first-order valence-electron chi connectivity index (χ1n) is 7.96. The Morgan fingerprint density at radius 3 is 2.44 bits per heavy atom. The third-order valence-corrected chi connectivity index (χ3v) is 5.36. The lowest BCUT2D eigenvalue weighted by Gasteiger charge is -2.06. The van der Waals surface area contributed by atoms with Gasteiger partial charge >= 0.3 is 0 Å². The number of carbonyl (C=O) groups is 2. The van der Waals surface area contributed by atoms with Crippen molar-refractivity contribution in [1.82, 2.24) is 5.32 Å². The topological polar surface area (TPSA) is 58.2 Å². The number of anilines is 1. The second-order valence-corrected chi connectivity index (χ2v) is 6.96. The van der Waals surface area contributed by atoms with Gasteiger partial charge in [-0.1, -0.05) is 36.7 Å². The molecular weight excluding hydrogens is 356 g/mol. The molecule has 0 fully saturated rings. The quantitative estimate of drug-likeness (QED) is 0.665. The van der Waals surface area contributed by atoms with Gasteiger partial charge in [-0.2, -0.15) is 0 Å². The van der Waals surface area contributed by atoms with E-state index in [0.29, 0.717) is 27.7 Å². The van der Waals surface area contributed by atoms with Crippen LogP contribution in [0.2, 0.25) is 5.02 Å². The Morgan fingerprint density at radius 1 is 1.04 bits per heavy atom. The van der Waals surface area contributed by atoms with Gasteiger partial charge in [0.25, 0.3) is 11.8 Å². The summed E-state index contributed by atoms with van der Waals surface area (Å²) in [5.41, 5.74) is 1.18. The zero-order valence-electron chi connectivity index (χ0n) is 13.6. The number of carbonyl (C=O) groups excluding carboxylic acids is 2. The van der Waals surface area contributed by atoms with Gasteiger partial charge in [0.2, 0.25) is 0 Å². The molecule has 2 N–H and O–H groups in total. The van der Waals surface area contributed by atoms with E-state index in [1.54, 1.807) is 24.3 Å². The van der Waals surface area contributed by atoms with E-state index in [-0.39, 0.29) is 11.8 Å². The molecule has 0 aliphatic carbocycles. The molecule has 6 heteroatoms. The average Bonchev–Trinajstić information content (AvgIpc) is 2.97. The Hall–Kier alpha value is -2.37. The van der Waals surface area contributed by atoms with Crippen molar-refractivity contribution in [2.45, 2.75) is 13.3 Å². The number of benzene rings is 2. The Labute approximate surface area is 154 Å². The normalized spacial score (nSPS) is 10.6. The summed E-state index contributed by atoms with van der Waals surface area (Å²) in [7, 11) is 0. The Kier molecular flexibility index (Phi) is 5.36. The minimum Gasteiger partial charge on any atom is -0.352 e. The van der Waals surface area contributed by atoms with Crippen LogP contribution in [0.4, 0.5) is 5.69 Å². The van der Waals surface area contributed by atoms with E-state index >= 15 is 0 Å². The van der Waals surface area contributed by atoms with Crippen LogP contribution in [-0.4, -0.2) is 18.4 Å². The summed E-state index contributed by atoms with van der Waals surface area (Å²) in [4.78, 5) is 24.9. The van der Waals surface area contributed by atoms with Gasteiger partial charge in [0.1, 0.15) is 4.88 Å². The number of amides is 2. The third-order valence-electron chi connectivity index (χ3n) is 3.68. The maximum absolute atomic E-state index is 12.5. The molecule has 3 aromatic rings. The maximum Gasteiger partial charge on any atom is 0.267 e. The van der Waals surface area contributed by atoms with E-state index in [0.717, 1.165) is 16.5 Å². The van der Waals surface area contributed by atoms with Crippen LogP contribution in [-0.2, 0) is 0 Å². The molecule has 128 valence electrons. The van der Waals surface area contributed by atoms with Gasteiger partial charge in [0.05, 0.1) is 5.02 Å². The predicted octanol–water partition coefficient (Wildman–Crippen LogP) is 4.95. The summed E-state index contributed by atoms with van der Waals surface area (Å²) >= 11 is 7.69. The fourth-order valence-corrected chi connectivity index (χ4v) is 3.81. The highest BCUT2D eigenvalue weighted by Gasteiger charge is 2.17. The summed E-state index contributed by atoms with van der Waals surface area (Å²) in [5, 5.41) is 6.98. The summed E-state index contributed by atoms with van der Waals surface area (Å²) in [6, 6.07) is 14.4. The third kappa shape index (κ3) is 3.83. The molecule has 1 aromatic heterocycles. The lowest BCUT2D eigenvalue weighted by atomic mass is 10.2. The molecule has 0 radical (unpaired) electrons. The van der Waals surface area contributed by atoms with E-state index in [2.05, 4.69) is 10.6 Å². The molecule has 4 nitrogen and oxygen atoms in total. The highest BCUT2D eigenvalue weighted by molar-refractivity contribution is 7.21. The molecule has 1 heterocycles. The molecular formula is C19H17ClN2O2S. The Morgan fingerprint density at radius 2 is 1.76 bits per heavy atom. The number of fused-ring (bicyclic) bond motifs is 1. The highest BCUT2D eigenvalue weighted by atomic mass is 35.5. The number of nitrogens with one attached hydrogen (secondary N) is 2. The lowest BCUT2D eigenvalue weighted by molar-refractivity contribution is 0.0953. The van der Waals surface area contributed by atoms with E-state index in [4.69, 9.17) is 11.6 Å². The molecule has 2 aromatic carbocycles. The predicted molar refractivity (Wildman–Crippen MR) is 104 cm³/mol. The standard InChI is InChI=1S/C19H17ClN2O2S/c1-2-11-21-18(23)12-7-9-13(10-8-12)22-19(24)17-16(20)14-5-3-4-6-15(14)25-17/h3-10H,2,11H2,1H3,(H,21,23)(H,22,24). The van der Waals surface area contributed by atoms with E-state index in [9.17, 15) is 9.59 Å². The summed E-state index contributed by atoms with van der Waals surface area (Å²) < 4.78 is 0.973. The number of rotatable bonds is 5. The molecule has 0 aliphatic heterocycles. The van der Waals surface area contributed by atoms with Crippen LogP contribution in [0.5, 0.6) is 0 Å². The Balaban J connectivity index is 1.74. The summed E-state index contributed by atoms with van der Waals surface area (Å²) in [6.45, 7) is 2.64. The van der Waals surface area contributed by atoms with E-state index < -0.39 is 0 Å². The SMILES string of the molecule is CCCNC(=O)c1ccc(NC(=O)c2sc3ccccc3c2Cl)cc1. The average molecular weight is 373 g/mol. The molecule has 3 rings (SSSR count). The van der Waals surface area contributed by atoms with Crippen LogP contribution < -0.4 is 10.6 Å². The minimum absolute atomic E-state index is 0.118. The van der Waals surface area contributed by atoms with Crippen LogP contribution in [0.1, 0.15) is 33.4 Å². The van der Waals surface area contributed by atoms with Gasteiger partial charge in [-0.05, 0) is 36.8 Å². The molecule has 0 aliphatic rings. The maximum atomic E-state index is 12.5.